The van der Waals surface area contributed by atoms with Crippen LogP contribution in [0, 0.1) is 5.82 Å². The molecule has 0 saturated carbocycles. The lowest BCUT2D eigenvalue weighted by molar-refractivity contribution is -0.119. The van der Waals surface area contributed by atoms with Gasteiger partial charge in [-0.15, -0.1) is 0 Å². The molecular formula is C21H24FN5O4. The zero-order valence-electron chi connectivity index (χ0n) is 17.4. The maximum atomic E-state index is 14.9. The highest BCUT2D eigenvalue weighted by molar-refractivity contribution is 5.93. The molecule has 31 heavy (non-hydrogen) atoms. The first kappa shape index (κ1) is 20.8. The van der Waals surface area contributed by atoms with E-state index in [2.05, 4.69) is 10.4 Å². The Bertz CT molecular complexity index is 1020. The number of amides is 2. The molecule has 0 bridgehead atoms. The largest absolute Gasteiger partial charge is 0.442 e. The maximum Gasteiger partial charge on any atom is 0.414 e. The molecule has 10 heteroatoms. The van der Waals surface area contributed by atoms with E-state index in [-0.39, 0.29) is 30.8 Å². The van der Waals surface area contributed by atoms with Crippen molar-refractivity contribution in [3.05, 3.63) is 42.0 Å². The average Bonchev–Trinajstić information content (AvgIpc) is 3.45. The fourth-order valence-corrected chi connectivity index (χ4v) is 3.91. The molecule has 9 nitrogen and oxygen atoms in total. The fourth-order valence-electron chi connectivity index (χ4n) is 3.91. The van der Waals surface area contributed by atoms with Gasteiger partial charge in [-0.3, -0.25) is 19.2 Å². The lowest BCUT2D eigenvalue weighted by Crippen LogP contribution is -2.33. The first-order valence-electron chi connectivity index (χ1n) is 10.1. The van der Waals surface area contributed by atoms with Crippen LogP contribution in [0.3, 0.4) is 0 Å². The SMILES string of the molecule is CC(=O)NCC1CN(c2ccc(N3CCC(n4cc(C(C)=O)cn4)C3)c(F)c2)C(=O)O1. The Hall–Kier alpha value is -3.43. The van der Waals surface area contributed by atoms with Crippen molar-refractivity contribution in [2.75, 3.05) is 36.0 Å². The summed E-state index contributed by atoms with van der Waals surface area (Å²) in [5, 5.41) is 6.88. The number of aromatic nitrogens is 2. The molecule has 2 saturated heterocycles. The molecule has 164 valence electrons. The highest BCUT2D eigenvalue weighted by Gasteiger charge is 2.33. The first-order chi connectivity index (χ1) is 14.8. The Morgan fingerprint density at radius 3 is 2.77 bits per heavy atom. The van der Waals surface area contributed by atoms with Gasteiger partial charge in [-0.05, 0) is 31.5 Å². The summed E-state index contributed by atoms with van der Waals surface area (Å²) in [5.74, 6) is -0.676. The third-order valence-corrected chi connectivity index (χ3v) is 5.58. The van der Waals surface area contributed by atoms with Gasteiger partial charge in [0.15, 0.2) is 5.78 Å². The van der Waals surface area contributed by atoms with E-state index in [1.165, 1.54) is 24.8 Å². The first-order valence-corrected chi connectivity index (χ1v) is 10.1. The zero-order valence-corrected chi connectivity index (χ0v) is 17.4. The molecule has 2 atom stereocenters. The third kappa shape index (κ3) is 4.37. The fraction of sp³-hybridized carbons (Fsp3) is 0.429. The number of ether oxygens (including phenoxy) is 1. The summed E-state index contributed by atoms with van der Waals surface area (Å²) < 4.78 is 21.9. The monoisotopic (exact) mass is 429 g/mol. The number of Topliss-reactive ketones (excluding diaryl/α,β-unsaturated/α-hetero) is 1. The second kappa shape index (κ2) is 8.37. The number of rotatable bonds is 6. The van der Waals surface area contributed by atoms with Crippen LogP contribution in [0.25, 0.3) is 0 Å². The van der Waals surface area contributed by atoms with Crippen molar-refractivity contribution in [3.63, 3.8) is 0 Å². The summed E-state index contributed by atoms with van der Waals surface area (Å²) in [6.07, 6.45) is 3.01. The summed E-state index contributed by atoms with van der Waals surface area (Å²) in [7, 11) is 0. The lowest BCUT2D eigenvalue weighted by atomic mass is 10.2. The topological polar surface area (TPSA) is 96.8 Å². The van der Waals surface area contributed by atoms with E-state index in [1.54, 1.807) is 29.2 Å². The Morgan fingerprint density at radius 2 is 2.10 bits per heavy atom. The van der Waals surface area contributed by atoms with Crippen molar-refractivity contribution in [1.29, 1.82) is 0 Å². The Morgan fingerprint density at radius 1 is 1.29 bits per heavy atom. The van der Waals surface area contributed by atoms with Gasteiger partial charge in [0.1, 0.15) is 11.9 Å². The number of hydrogen-bond donors (Lipinski definition) is 1. The molecule has 1 N–H and O–H groups in total. The number of nitrogens with zero attached hydrogens (tertiary/aromatic N) is 4. The minimum atomic E-state index is -0.566. The van der Waals surface area contributed by atoms with Gasteiger partial charge in [-0.1, -0.05) is 0 Å². The van der Waals surface area contributed by atoms with Gasteiger partial charge < -0.3 is 15.0 Å². The molecule has 0 spiro atoms. The molecule has 2 amide bonds. The molecule has 0 radical (unpaired) electrons. The maximum absolute atomic E-state index is 14.9. The molecule has 2 aliphatic heterocycles. The van der Waals surface area contributed by atoms with Crippen LogP contribution < -0.4 is 15.1 Å². The third-order valence-electron chi connectivity index (χ3n) is 5.58. The van der Waals surface area contributed by atoms with Gasteiger partial charge in [-0.25, -0.2) is 9.18 Å². The number of halogens is 1. The van der Waals surface area contributed by atoms with E-state index in [4.69, 9.17) is 4.74 Å². The second-order valence-electron chi connectivity index (χ2n) is 7.84. The number of nitrogens with one attached hydrogen (secondary N) is 1. The van der Waals surface area contributed by atoms with Gasteiger partial charge in [0.05, 0.1) is 42.3 Å². The van der Waals surface area contributed by atoms with E-state index in [0.29, 0.717) is 30.0 Å². The summed E-state index contributed by atoms with van der Waals surface area (Å²) in [6.45, 7) is 4.56. The van der Waals surface area contributed by atoms with Gasteiger partial charge in [-0.2, -0.15) is 5.10 Å². The number of cyclic esters (lactones) is 1. The number of anilines is 2. The molecule has 2 unspecified atom stereocenters. The molecule has 0 aliphatic carbocycles. The van der Waals surface area contributed by atoms with E-state index in [9.17, 15) is 18.8 Å². The normalized spacial score (nSPS) is 20.8. The summed E-state index contributed by atoms with van der Waals surface area (Å²) in [4.78, 5) is 38.0. The standard InChI is InChI=1S/C21H24FN5O4/c1-13(28)15-8-24-27(10-15)17-5-6-25(11-17)20-4-3-16(7-19(20)22)26-12-18(31-21(26)30)9-23-14(2)29/h3-4,7-8,10,17-18H,5-6,9,11-12H2,1-2H3,(H,23,29). The minimum absolute atomic E-state index is 0.0394. The molecule has 1 aromatic carbocycles. The number of carbonyl (C=O) groups excluding carboxylic acids is 3. The van der Waals surface area contributed by atoms with Crippen LogP contribution in [0.15, 0.2) is 30.6 Å². The molecular weight excluding hydrogens is 405 g/mol. The Kier molecular flexibility index (Phi) is 5.62. The molecule has 2 aromatic rings. The Balaban J connectivity index is 1.42. The molecule has 3 heterocycles. The van der Waals surface area contributed by atoms with Gasteiger partial charge in [0.25, 0.3) is 0 Å². The van der Waals surface area contributed by atoms with E-state index >= 15 is 0 Å². The van der Waals surface area contributed by atoms with Crippen LogP contribution in [0.5, 0.6) is 0 Å². The number of carbonyl (C=O) groups is 3. The average molecular weight is 429 g/mol. The number of benzene rings is 1. The van der Waals surface area contributed by atoms with Crippen molar-refractivity contribution in [2.45, 2.75) is 32.4 Å². The van der Waals surface area contributed by atoms with Crippen LogP contribution in [0.2, 0.25) is 0 Å². The van der Waals surface area contributed by atoms with E-state index in [0.717, 1.165) is 6.42 Å². The van der Waals surface area contributed by atoms with Gasteiger partial charge in [0.2, 0.25) is 5.91 Å². The van der Waals surface area contributed by atoms with Crippen LogP contribution in [0.1, 0.15) is 36.7 Å². The van der Waals surface area contributed by atoms with Crippen molar-refractivity contribution in [3.8, 4) is 0 Å². The minimum Gasteiger partial charge on any atom is -0.442 e. The summed E-state index contributed by atoms with van der Waals surface area (Å²) in [5.41, 5.74) is 1.42. The number of ketones is 1. The highest BCUT2D eigenvalue weighted by atomic mass is 19.1. The lowest BCUT2D eigenvalue weighted by Gasteiger charge is -2.21. The smallest absolute Gasteiger partial charge is 0.414 e. The van der Waals surface area contributed by atoms with Crippen molar-refractivity contribution in [1.82, 2.24) is 15.1 Å². The molecule has 4 rings (SSSR count). The van der Waals surface area contributed by atoms with Crippen LogP contribution in [0.4, 0.5) is 20.6 Å². The second-order valence-corrected chi connectivity index (χ2v) is 7.84. The van der Waals surface area contributed by atoms with Crippen molar-refractivity contribution < 1.29 is 23.5 Å². The van der Waals surface area contributed by atoms with Crippen LogP contribution in [-0.2, 0) is 9.53 Å². The van der Waals surface area contributed by atoms with Crippen LogP contribution in [-0.4, -0.2) is 59.8 Å². The van der Waals surface area contributed by atoms with Crippen LogP contribution >= 0.6 is 0 Å². The number of hydrogen-bond acceptors (Lipinski definition) is 6. The zero-order chi connectivity index (χ0) is 22.1. The molecule has 2 aliphatic rings. The predicted octanol–water partition coefficient (Wildman–Crippen LogP) is 2.14. The van der Waals surface area contributed by atoms with E-state index < -0.39 is 18.0 Å². The molecule has 1 aromatic heterocycles. The highest BCUT2D eigenvalue weighted by Crippen LogP contribution is 2.32. The Labute approximate surface area is 178 Å². The van der Waals surface area contributed by atoms with Crippen molar-refractivity contribution in [2.24, 2.45) is 0 Å². The summed E-state index contributed by atoms with van der Waals surface area (Å²) in [6, 6.07) is 4.73. The summed E-state index contributed by atoms with van der Waals surface area (Å²) >= 11 is 0. The van der Waals surface area contributed by atoms with Gasteiger partial charge >= 0.3 is 6.09 Å². The quantitative estimate of drug-likeness (QED) is 0.707. The van der Waals surface area contributed by atoms with Gasteiger partial charge in [0, 0.05) is 26.2 Å². The van der Waals surface area contributed by atoms with E-state index in [1.807, 2.05) is 4.90 Å². The molecule has 2 fully saturated rings. The van der Waals surface area contributed by atoms with Crippen molar-refractivity contribution >= 4 is 29.2 Å². The predicted molar refractivity (Wildman–Crippen MR) is 111 cm³/mol.